The number of ether oxygens (including phenoxy) is 1. The fourth-order valence-corrected chi connectivity index (χ4v) is 4.79. The van der Waals surface area contributed by atoms with Gasteiger partial charge in [0.1, 0.15) is 24.0 Å². The van der Waals surface area contributed by atoms with Crippen LogP contribution in [0, 0.1) is 6.92 Å². The molecule has 36 heavy (non-hydrogen) atoms. The normalized spacial score (nSPS) is 14.4. The Labute approximate surface area is 209 Å². The predicted octanol–water partition coefficient (Wildman–Crippen LogP) is 0.261. The number of pyridine rings is 2. The maximum atomic E-state index is 13.5. The highest BCUT2D eigenvalue weighted by atomic mass is 16.5. The van der Waals surface area contributed by atoms with Crippen LogP contribution in [0.2, 0.25) is 0 Å². The van der Waals surface area contributed by atoms with Gasteiger partial charge in [0, 0.05) is 24.7 Å². The van der Waals surface area contributed by atoms with Gasteiger partial charge in [0.2, 0.25) is 11.5 Å². The molecule has 5 rings (SSSR count). The molecule has 0 unspecified atom stereocenters. The van der Waals surface area contributed by atoms with E-state index in [4.69, 9.17) is 15.5 Å². The standard InChI is InChI=1S/C27H30N6O3/c1-19-7-5-11-33-24(19)30-25-22(27(33)35)17-21(26(34)29-18-20-8-3-2-4-9-20)23(28)32(25)12-6-10-31-13-15-36-16-14-31/h2-5,7-9,11,17,28H,6,10,12-16,18H2,1H3,(H,29,34)/p+2. The molecule has 3 aromatic heterocycles. The summed E-state index contributed by atoms with van der Waals surface area (Å²) in [6.07, 6.45) is 2.54. The summed E-state index contributed by atoms with van der Waals surface area (Å²) in [5.41, 5.74) is 9.62. The summed E-state index contributed by atoms with van der Waals surface area (Å²) >= 11 is 0. The summed E-state index contributed by atoms with van der Waals surface area (Å²) in [5.74, 6) is -0.00517. The van der Waals surface area contributed by atoms with Crippen molar-refractivity contribution >= 4 is 28.4 Å². The molecule has 1 fully saturated rings. The number of aromatic nitrogens is 3. The first-order valence-electron chi connectivity index (χ1n) is 12.4. The van der Waals surface area contributed by atoms with Crippen molar-refractivity contribution in [2.75, 3.05) is 38.6 Å². The lowest BCUT2D eigenvalue weighted by atomic mass is 10.1. The highest BCUT2D eigenvalue weighted by Crippen LogP contribution is 2.16. The van der Waals surface area contributed by atoms with Gasteiger partial charge >= 0.3 is 0 Å². The van der Waals surface area contributed by atoms with Crippen molar-refractivity contribution < 1.29 is 19.0 Å². The smallest absolute Gasteiger partial charge is 0.278 e. The second kappa shape index (κ2) is 10.4. The second-order valence-corrected chi connectivity index (χ2v) is 9.27. The van der Waals surface area contributed by atoms with Gasteiger partial charge in [0.15, 0.2) is 0 Å². The topological polar surface area (TPSA) is 107 Å². The van der Waals surface area contributed by atoms with Gasteiger partial charge in [-0.3, -0.25) is 14.0 Å². The number of nitrogens with zero attached hydrogens (tertiary/aromatic N) is 3. The molecule has 0 atom stereocenters. The van der Waals surface area contributed by atoms with Gasteiger partial charge < -0.3 is 20.7 Å². The molecule has 186 valence electrons. The van der Waals surface area contributed by atoms with Crippen LogP contribution in [0.3, 0.4) is 0 Å². The average Bonchev–Trinajstić information content (AvgIpc) is 2.90. The average molecular weight is 489 g/mol. The van der Waals surface area contributed by atoms with Crippen molar-refractivity contribution in [2.24, 2.45) is 0 Å². The quantitative estimate of drug-likeness (QED) is 0.256. The largest absolute Gasteiger partial charge is 0.370 e. The first kappa shape index (κ1) is 23.9. The Morgan fingerprint density at radius 2 is 1.97 bits per heavy atom. The number of benzene rings is 1. The van der Waals surface area contributed by atoms with Crippen molar-refractivity contribution in [3.8, 4) is 0 Å². The summed E-state index contributed by atoms with van der Waals surface area (Å²) in [6, 6.07) is 15.0. The van der Waals surface area contributed by atoms with Crippen LogP contribution >= 0.6 is 0 Å². The van der Waals surface area contributed by atoms with E-state index in [9.17, 15) is 9.59 Å². The molecule has 4 aromatic rings. The van der Waals surface area contributed by atoms with Gasteiger partial charge in [-0.2, -0.15) is 0 Å². The lowest BCUT2D eigenvalue weighted by Crippen LogP contribution is -3.14. The molecule has 9 nitrogen and oxygen atoms in total. The number of morpholine rings is 1. The summed E-state index contributed by atoms with van der Waals surface area (Å²) < 4.78 is 8.83. The number of rotatable bonds is 7. The number of nitrogens with two attached hydrogens (primary N) is 1. The Hall–Kier alpha value is -3.82. The van der Waals surface area contributed by atoms with Crippen LogP contribution < -0.4 is 26.1 Å². The molecule has 4 N–H and O–H groups in total. The van der Waals surface area contributed by atoms with Gasteiger partial charge in [-0.25, -0.2) is 4.57 Å². The third-order valence-corrected chi connectivity index (χ3v) is 6.83. The van der Waals surface area contributed by atoms with Crippen LogP contribution in [-0.2, 0) is 17.8 Å². The van der Waals surface area contributed by atoms with Gasteiger partial charge in [-0.05, 0) is 24.6 Å². The zero-order chi connectivity index (χ0) is 25.1. The van der Waals surface area contributed by atoms with Crippen LogP contribution in [-0.4, -0.2) is 48.1 Å². The van der Waals surface area contributed by atoms with E-state index in [-0.39, 0.29) is 17.0 Å². The van der Waals surface area contributed by atoms with E-state index < -0.39 is 0 Å². The number of amides is 1. The van der Waals surface area contributed by atoms with Gasteiger partial charge in [-0.1, -0.05) is 41.4 Å². The number of quaternary nitrogens is 1. The molecular weight excluding hydrogens is 456 g/mol. The summed E-state index contributed by atoms with van der Waals surface area (Å²) in [4.78, 5) is 33.1. The molecule has 0 saturated carbocycles. The highest BCUT2D eigenvalue weighted by molar-refractivity contribution is 6.00. The Morgan fingerprint density at radius 3 is 2.75 bits per heavy atom. The van der Waals surface area contributed by atoms with Crippen molar-refractivity contribution in [1.82, 2.24) is 14.7 Å². The number of nitrogens with one attached hydrogen (secondary N) is 2. The zero-order valence-corrected chi connectivity index (χ0v) is 20.5. The summed E-state index contributed by atoms with van der Waals surface area (Å²) in [6.45, 7) is 7.30. The number of hydrogen-bond acceptors (Lipinski definition) is 5. The molecule has 9 heteroatoms. The predicted molar refractivity (Wildman–Crippen MR) is 137 cm³/mol. The van der Waals surface area contributed by atoms with Crippen molar-refractivity contribution in [3.63, 3.8) is 0 Å². The Morgan fingerprint density at radius 1 is 1.19 bits per heavy atom. The highest BCUT2D eigenvalue weighted by Gasteiger charge is 2.25. The molecule has 1 aliphatic heterocycles. The fourth-order valence-electron chi connectivity index (χ4n) is 4.79. The number of carbonyl (C=O) groups excluding carboxylic acids is 1. The van der Waals surface area contributed by atoms with E-state index in [1.165, 1.54) is 9.30 Å². The lowest BCUT2D eigenvalue weighted by molar-refractivity contribution is -0.910. The summed E-state index contributed by atoms with van der Waals surface area (Å²) in [7, 11) is 0. The van der Waals surface area contributed by atoms with E-state index >= 15 is 0 Å². The molecule has 0 aliphatic carbocycles. The van der Waals surface area contributed by atoms with Crippen LogP contribution in [0.15, 0.2) is 59.5 Å². The third-order valence-electron chi connectivity index (χ3n) is 6.83. The van der Waals surface area contributed by atoms with Crippen LogP contribution in [0.5, 0.6) is 0 Å². The van der Waals surface area contributed by atoms with Gasteiger partial charge in [0.25, 0.3) is 17.1 Å². The maximum absolute atomic E-state index is 13.5. The maximum Gasteiger partial charge on any atom is 0.278 e. The van der Waals surface area contributed by atoms with Crippen LogP contribution in [0.4, 0.5) is 5.82 Å². The number of carbonyl (C=O) groups is 1. The van der Waals surface area contributed by atoms with E-state index in [2.05, 4.69) is 5.32 Å². The first-order chi connectivity index (χ1) is 17.5. The number of hydrogen-bond donors (Lipinski definition) is 3. The third kappa shape index (κ3) is 4.80. The Balaban J connectivity index is 1.54. The molecule has 0 spiro atoms. The van der Waals surface area contributed by atoms with E-state index in [1.807, 2.05) is 54.0 Å². The Bertz CT molecular complexity index is 1460. The molecule has 0 radical (unpaired) electrons. The van der Waals surface area contributed by atoms with E-state index in [0.717, 1.165) is 50.4 Å². The molecule has 1 amide bonds. The van der Waals surface area contributed by atoms with Gasteiger partial charge in [-0.15, -0.1) is 0 Å². The monoisotopic (exact) mass is 488 g/mol. The lowest BCUT2D eigenvalue weighted by Gasteiger charge is -2.23. The minimum atomic E-state index is -0.320. The number of aryl methyl sites for hydroxylation is 2. The van der Waals surface area contributed by atoms with E-state index in [0.29, 0.717) is 35.6 Å². The fraction of sp³-hybridized carbons (Fsp3) is 0.333. The Kier molecular flexibility index (Phi) is 6.92. The summed E-state index contributed by atoms with van der Waals surface area (Å²) in [5, 5.41) is 3.31. The molecule has 1 aromatic carbocycles. The minimum Gasteiger partial charge on any atom is -0.370 e. The minimum absolute atomic E-state index is 0.219. The van der Waals surface area contributed by atoms with E-state index in [1.54, 1.807) is 12.3 Å². The molecule has 1 saturated heterocycles. The molecule has 4 heterocycles. The number of fused-ring (bicyclic) bond motifs is 2. The molecule has 0 bridgehead atoms. The zero-order valence-electron chi connectivity index (χ0n) is 20.5. The van der Waals surface area contributed by atoms with Crippen LogP contribution in [0.1, 0.15) is 27.9 Å². The number of anilines is 1. The van der Waals surface area contributed by atoms with Crippen molar-refractivity contribution in [3.05, 3.63) is 81.8 Å². The van der Waals surface area contributed by atoms with Gasteiger partial charge in [0.05, 0.1) is 26.3 Å². The van der Waals surface area contributed by atoms with Crippen molar-refractivity contribution in [1.29, 1.82) is 0 Å². The first-order valence-corrected chi connectivity index (χ1v) is 12.4. The van der Waals surface area contributed by atoms with Crippen molar-refractivity contribution in [2.45, 2.75) is 26.4 Å². The molecular formula is C27H32N6O3+2. The van der Waals surface area contributed by atoms with Crippen LogP contribution in [0.25, 0.3) is 16.7 Å². The second-order valence-electron chi connectivity index (χ2n) is 9.27. The SMILES string of the molecule is Cc1cccn2c(=O)c3cc(C(=O)NCc4ccccc4)c(N)[n+](CCC[NH+]4CCOCC4)c3nc12. The molecule has 1 aliphatic rings. The number of nitrogen functional groups attached to an aromatic ring is 1.